The Kier molecular flexibility index (Phi) is 5.31. The van der Waals surface area contributed by atoms with Crippen molar-refractivity contribution in [3.8, 4) is 0 Å². The Morgan fingerprint density at radius 1 is 1.11 bits per heavy atom. The molecule has 2 rings (SSSR count). The van der Waals surface area contributed by atoms with Crippen LogP contribution in [0.1, 0.15) is 19.0 Å². The van der Waals surface area contributed by atoms with Gasteiger partial charge < -0.3 is 5.32 Å². The van der Waals surface area contributed by atoms with Gasteiger partial charge in [-0.1, -0.05) is 31.2 Å². The molecule has 0 amide bonds. The number of nitrogens with zero attached hydrogens (tertiary/aromatic N) is 2. The summed E-state index contributed by atoms with van der Waals surface area (Å²) in [6.45, 7) is 6.28. The molecular formula is C16H23N3. The molecule has 0 spiro atoms. The van der Waals surface area contributed by atoms with Crippen molar-refractivity contribution in [1.82, 2.24) is 15.2 Å². The van der Waals surface area contributed by atoms with Crippen molar-refractivity contribution in [2.45, 2.75) is 19.9 Å². The standard InChI is InChI=1S/C16H23N3/c1-3-10-17-11-12-19(2)13-15-9-8-14-6-4-5-7-16(14)18-15/h4-9,17H,3,10-13H2,1-2H3. The van der Waals surface area contributed by atoms with Gasteiger partial charge in [-0.25, -0.2) is 0 Å². The second kappa shape index (κ2) is 7.22. The predicted octanol–water partition coefficient (Wildman–Crippen LogP) is 2.67. The van der Waals surface area contributed by atoms with Crippen molar-refractivity contribution < 1.29 is 0 Å². The van der Waals surface area contributed by atoms with Crippen molar-refractivity contribution in [1.29, 1.82) is 0 Å². The second-order valence-corrected chi connectivity index (χ2v) is 4.98. The van der Waals surface area contributed by atoms with Gasteiger partial charge in [-0.3, -0.25) is 9.88 Å². The van der Waals surface area contributed by atoms with Gasteiger partial charge in [0.15, 0.2) is 0 Å². The SMILES string of the molecule is CCCNCCN(C)Cc1ccc2ccccc2n1. The molecule has 0 saturated carbocycles. The Balaban J connectivity index is 1.89. The lowest BCUT2D eigenvalue weighted by atomic mass is 10.2. The van der Waals surface area contributed by atoms with Crippen molar-refractivity contribution in [2.75, 3.05) is 26.7 Å². The quantitative estimate of drug-likeness (QED) is 0.773. The van der Waals surface area contributed by atoms with Crippen LogP contribution in [0, 0.1) is 0 Å². The summed E-state index contributed by atoms with van der Waals surface area (Å²) in [6, 6.07) is 12.5. The minimum atomic E-state index is 0.901. The molecule has 1 aromatic carbocycles. The third kappa shape index (κ3) is 4.30. The topological polar surface area (TPSA) is 28.2 Å². The number of nitrogens with one attached hydrogen (secondary N) is 1. The summed E-state index contributed by atoms with van der Waals surface area (Å²) in [5.41, 5.74) is 2.22. The van der Waals surface area contributed by atoms with Gasteiger partial charge in [-0.15, -0.1) is 0 Å². The zero-order valence-electron chi connectivity index (χ0n) is 11.9. The molecule has 19 heavy (non-hydrogen) atoms. The lowest BCUT2D eigenvalue weighted by Gasteiger charge is -2.16. The highest BCUT2D eigenvalue weighted by Crippen LogP contribution is 2.12. The summed E-state index contributed by atoms with van der Waals surface area (Å²) in [5.74, 6) is 0. The molecule has 0 saturated heterocycles. The van der Waals surface area contributed by atoms with Crippen molar-refractivity contribution in [3.05, 3.63) is 42.1 Å². The number of aromatic nitrogens is 1. The van der Waals surface area contributed by atoms with E-state index in [2.05, 4.69) is 54.5 Å². The van der Waals surface area contributed by atoms with E-state index >= 15 is 0 Å². The molecule has 0 bridgehead atoms. The number of likely N-dealkylation sites (N-methyl/N-ethyl adjacent to an activating group) is 1. The molecule has 0 aliphatic heterocycles. The van der Waals surface area contributed by atoms with Crippen LogP contribution in [0.15, 0.2) is 36.4 Å². The van der Waals surface area contributed by atoms with Gasteiger partial charge in [-0.2, -0.15) is 0 Å². The lowest BCUT2D eigenvalue weighted by Crippen LogP contribution is -2.29. The van der Waals surface area contributed by atoms with Gasteiger partial charge in [0, 0.05) is 25.0 Å². The summed E-state index contributed by atoms with van der Waals surface area (Å²) >= 11 is 0. The molecule has 0 aliphatic rings. The minimum absolute atomic E-state index is 0.901. The van der Waals surface area contributed by atoms with Crippen LogP contribution in [-0.4, -0.2) is 36.6 Å². The van der Waals surface area contributed by atoms with Crippen LogP contribution < -0.4 is 5.32 Å². The van der Waals surface area contributed by atoms with E-state index in [0.29, 0.717) is 0 Å². The summed E-state index contributed by atoms with van der Waals surface area (Å²) in [6.07, 6.45) is 1.19. The number of fused-ring (bicyclic) bond motifs is 1. The summed E-state index contributed by atoms with van der Waals surface area (Å²) in [4.78, 5) is 7.00. The van der Waals surface area contributed by atoms with Crippen LogP contribution in [-0.2, 0) is 6.54 Å². The van der Waals surface area contributed by atoms with E-state index in [0.717, 1.165) is 37.4 Å². The molecule has 0 radical (unpaired) electrons. The molecule has 1 aromatic heterocycles. The Morgan fingerprint density at radius 3 is 2.79 bits per heavy atom. The smallest absolute Gasteiger partial charge is 0.0705 e. The average molecular weight is 257 g/mol. The highest BCUT2D eigenvalue weighted by Gasteiger charge is 2.02. The molecule has 0 fully saturated rings. The molecule has 1 heterocycles. The summed E-state index contributed by atoms with van der Waals surface area (Å²) in [5, 5.41) is 4.63. The van der Waals surface area contributed by atoms with Gasteiger partial charge in [0.2, 0.25) is 0 Å². The molecule has 102 valence electrons. The maximum Gasteiger partial charge on any atom is 0.0705 e. The van der Waals surface area contributed by atoms with Gasteiger partial charge >= 0.3 is 0 Å². The van der Waals surface area contributed by atoms with Crippen LogP contribution in [0.5, 0.6) is 0 Å². The molecule has 2 aromatic rings. The molecule has 0 aliphatic carbocycles. The summed E-state index contributed by atoms with van der Waals surface area (Å²) in [7, 11) is 2.14. The molecule has 3 nitrogen and oxygen atoms in total. The second-order valence-electron chi connectivity index (χ2n) is 4.98. The first kappa shape index (κ1) is 14.0. The van der Waals surface area contributed by atoms with Crippen LogP contribution in [0.4, 0.5) is 0 Å². The first-order valence-electron chi connectivity index (χ1n) is 7.03. The van der Waals surface area contributed by atoms with Gasteiger partial charge in [0.05, 0.1) is 11.2 Å². The monoisotopic (exact) mass is 257 g/mol. The Labute approximate surface area is 115 Å². The van der Waals surface area contributed by atoms with Crippen LogP contribution >= 0.6 is 0 Å². The maximum atomic E-state index is 4.70. The van der Waals surface area contributed by atoms with Crippen molar-refractivity contribution in [3.63, 3.8) is 0 Å². The Hall–Kier alpha value is -1.45. The van der Waals surface area contributed by atoms with Crippen molar-refractivity contribution >= 4 is 10.9 Å². The number of hydrogen-bond acceptors (Lipinski definition) is 3. The first-order valence-corrected chi connectivity index (χ1v) is 7.03. The van der Waals surface area contributed by atoms with Gasteiger partial charge in [0.1, 0.15) is 0 Å². The highest BCUT2D eigenvalue weighted by molar-refractivity contribution is 5.78. The van der Waals surface area contributed by atoms with Crippen LogP contribution in [0.2, 0.25) is 0 Å². The van der Waals surface area contributed by atoms with E-state index < -0.39 is 0 Å². The van der Waals surface area contributed by atoms with Crippen LogP contribution in [0.25, 0.3) is 10.9 Å². The third-order valence-corrected chi connectivity index (χ3v) is 3.19. The van der Waals surface area contributed by atoms with Gasteiger partial charge in [-0.05, 0) is 32.1 Å². The highest BCUT2D eigenvalue weighted by atomic mass is 15.1. The normalized spacial score (nSPS) is 11.3. The Morgan fingerprint density at radius 2 is 1.95 bits per heavy atom. The number of pyridine rings is 1. The average Bonchev–Trinajstić information content (AvgIpc) is 2.43. The predicted molar refractivity (Wildman–Crippen MR) is 81.2 cm³/mol. The van der Waals surface area contributed by atoms with E-state index in [4.69, 9.17) is 4.98 Å². The molecule has 0 unspecified atom stereocenters. The first-order chi connectivity index (χ1) is 9.29. The van der Waals surface area contributed by atoms with E-state index in [9.17, 15) is 0 Å². The zero-order chi connectivity index (χ0) is 13.5. The van der Waals surface area contributed by atoms with Crippen LogP contribution in [0.3, 0.4) is 0 Å². The molecule has 1 N–H and O–H groups in total. The maximum absolute atomic E-state index is 4.70. The number of rotatable bonds is 7. The fourth-order valence-corrected chi connectivity index (χ4v) is 2.12. The molecule has 0 atom stereocenters. The third-order valence-electron chi connectivity index (χ3n) is 3.19. The van der Waals surface area contributed by atoms with E-state index in [1.54, 1.807) is 0 Å². The van der Waals surface area contributed by atoms with E-state index in [1.807, 2.05) is 6.07 Å². The van der Waals surface area contributed by atoms with Crippen molar-refractivity contribution in [2.24, 2.45) is 0 Å². The fraction of sp³-hybridized carbons (Fsp3) is 0.438. The number of benzene rings is 1. The minimum Gasteiger partial charge on any atom is -0.315 e. The molecule has 3 heteroatoms. The van der Waals surface area contributed by atoms with E-state index in [-0.39, 0.29) is 0 Å². The Bertz CT molecular complexity index is 510. The zero-order valence-corrected chi connectivity index (χ0v) is 11.9. The van der Waals surface area contributed by atoms with E-state index in [1.165, 1.54) is 11.8 Å². The largest absolute Gasteiger partial charge is 0.315 e. The fourth-order valence-electron chi connectivity index (χ4n) is 2.12. The number of hydrogen-bond donors (Lipinski definition) is 1. The summed E-state index contributed by atoms with van der Waals surface area (Å²) < 4.78 is 0. The molecular weight excluding hydrogens is 234 g/mol. The van der Waals surface area contributed by atoms with Gasteiger partial charge in [0.25, 0.3) is 0 Å². The number of para-hydroxylation sites is 1. The lowest BCUT2D eigenvalue weighted by molar-refractivity contribution is 0.321.